The van der Waals surface area contributed by atoms with Crippen LogP contribution in [-0.2, 0) is 9.59 Å². The zero-order chi connectivity index (χ0) is 19.2. The van der Waals surface area contributed by atoms with Gasteiger partial charge in [0.25, 0.3) is 0 Å². The Morgan fingerprint density at radius 1 is 0.926 bits per heavy atom. The molecule has 0 aromatic heterocycles. The van der Waals surface area contributed by atoms with Crippen LogP contribution < -0.4 is 4.74 Å². The minimum absolute atomic E-state index is 0.226. The van der Waals surface area contributed by atoms with Crippen LogP contribution in [0.2, 0.25) is 10.0 Å². The number of ether oxygens (including phenoxy) is 1. The molecule has 0 heterocycles. The second-order valence-corrected chi connectivity index (χ2v) is 7.11. The summed E-state index contributed by atoms with van der Waals surface area (Å²) in [6.07, 6.45) is 8.34. The van der Waals surface area contributed by atoms with Crippen molar-refractivity contribution in [1.82, 2.24) is 0 Å². The molecule has 3 nitrogen and oxygen atoms in total. The standard InChI is InChI=1S/C22H18Cl2O3/c23-19-11-7-16(14-20(19)24)8-12-22(26)27-18-9-5-15(6-10-18)13-17-3-1-2-4-21(17)25/h5-14H,1-4H2/b12-8+,17-13+. The third-order valence-electron chi connectivity index (χ3n) is 4.25. The molecule has 3 rings (SSSR count). The van der Waals surface area contributed by atoms with Crippen molar-refractivity contribution in [2.24, 2.45) is 0 Å². The summed E-state index contributed by atoms with van der Waals surface area (Å²) in [6, 6.07) is 12.2. The lowest BCUT2D eigenvalue weighted by atomic mass is 9.92. The number of benzene rings is 2. The van der Waals surface area contributed by atoms with Crippen molar-refractivity contribution in [1.29, 1.82) is 0 Å². The molecule has 2 aromatic rings. The van der Waals surface area contributed by atoms with Gasteiger partial charge in [0, 0.05) is 12.5 Å². The molecule has 0 radical (unpaired) electrons. The highest BCUT2D eigenvalue weighted by Crippen LogP contribution is 2.24. The Morgan fingerprint density at radius 3 is 2.33 bits per heavy atom. The number of esters is 1. The van der Waals surface area contributed by atoms with E-state index >= 15 is 0 Å². The molecule has 2 aromatic carbocycles. The number of rotatable bonds is 4. The fraction of sp³-hybridized carbons (Fsp3) is 0.182. The van der Waals surface area contributed by atoms with Crippen LogP contribution in [0.25, 0.3) is 12.2 Å². The van der Waals surface area contributed by atoms with Gasteiger partial charge in [0.1, 0.15) is 5.75 Å². The minimum Gasteiger partial charge on any atom is -0.423 e. The number of carbonyl (C=O) groups is 2. The largest absolute Gasteiger partial charge is 0.423 e. The first-order valence-corrected chi connectivity index (χ1v) is 9.45. The summed E-state index contributed by atoms with van der Waals surface area (Å²) < 4.78 is 5.28. The molecule has 0 spiro atoms. The van der Waals surface area contributed by atoms with Crippen molar-refractivity contribution < 1.29 is 14.3 Å². The summed E-state index contributed by atoms with van der Waals surface area (Å²) in [5.41, 5.74) is 2.54. The first-order chi connectivity index (χ1) is 13.0. The maximum Gasteiger partial charge on any atom is 0.336 e. The first kappa shape index (κ1) is 19.4. The highest BCUT2D eigenvalue weighted by atomic mass is 35.5. The molecule has 27 heavy (non-hydrogen) atoms. The molecule has 5 heteroatoms. The molecule has 0 unspecified atom stereocenters. The third-order valence-corrected chi connectivity index (χ3v) is 4.99. The SMILES string of the molecule is O=C(/C=C/c1ccc(Cl)c(Cl)c1)Oc1ccc(/C=C2\CCCCC2=O)cc1. The Hall–Kier alpha value is -2.36. The topological polar surface area (TPSA) is 43.4 Å². The maximum atomic E-state index is 12.0. The van der Waals surface area contributed by atoms with E-state index in [0.29, 0.717) is 22.2 Å². The van der Waals surface area contributed by atoms with E-state index in [9.17, 15) is 9.59 Å². The van der Waals surface area contributed by atoms with Gasteiger partial charge in [0.15, 0.2) is 5.78 Å². The van der Waals surface area contributed by atoms with Gasteiger partial charge >= 0.3 is 5.97 Å². The second-order valence-electron chi connectivity index (χ2n) is 6.30. The van der Waals surface area contributed by atoms with Crippen molar-refractivity contribution in [2.45, 2.75) is 25.7 Å². The molecule has 0 bridgehead atoms. The number of allylic oxidation sites excluding steroid dienone is 1. The van der Waals surface area contributed by atoms with Crippen LogP contribution >= 0.6 is 23.2 Å². The van der Waals surface area contributed by atoms with Crippen LogP contribution in [0.1, 0.15) is 36.8 Å². The zero-order valence-corrected chi connectivity index (χ0v) is 16.1. The Bertz CT molecular complexity index is 912. The van der Waals surface area contributed by atoms with E-state index in [1.54, 1.807) is 36.4 Å². The average Bonchev–Trinajstić information content (AvgIpc) is 2.66. The summed E-state index contributed by atoms with van der Waals surface area (Å²) in [5.74, 6) is 0.176. The Balaban J connectivity index is 1.61. The van der Waals surface area contributed by atoms with Crippen LogP contribution in [-0.4, -0.2) is 11.8 Å². The van der Waals surface area contributed by atoms with Crippen LogP contribution in [0.5, 0.6) is 5.75 Å². The number of hydrogen-bond donors (Lipinski definition) is 0. The Labute approximate surface area is 168 Å². The molecule has 1 saturated carbocycles. The van der Waals surface area contributed by atoms with Crippen LogP contribution in [0.4, 0.5) is 0 Å². The van der Waals surface area contributed by atoms with Gasteiger partial charge in [-0.1, -0.05) is 41.4 Å². The molecule has 138 valence electrons. The quantitative estimate of drug-likeness (QED) is 0.351. The van der Waals surface area contributed by atoms with Gasteiger partial charge in [0.05, 0.1) is 10.0 Å². The van der Waals surface area contributed by atoms with Gasteiger partial charge in [-0.3, -0.25) is 4.79 Å². The Morgan fingerprint density at radius 2 is 1.63 bits per heavy atom. The molecule has 1 fully saturated rings. The highest BCUT2D eigenvalue weighted by Gasteiger charge is 2.14. The highest BCUT2D eigenvalue weighted by molar-refractivity contribution is 6.42. The van der Waals surface area contributed by atoms with E-state index in [4.69, 9.17) is 27.9 Å². The molecule has 0 aliphatic heterocycles. The molecule has 0 saturated heterocycles. The predicted molar refractivity (Wildman–Crippen MR) is 109 cm³/mol. The molecular formula is C22H18Cl2O3. The van der Waals surface area contributed by atoms with Crippen LogP contribution in [0, 0.1) is 0 Å². The molecule has 1 aliphatic carbocycles. The number of hydrogen-bond acceptors (Lipinski definition) is 3. The van der Waals surface area contributed by atoms with Crippen molar-refractivity contribution in [3.05, 3.63) is 75.3 Å². The smallest absolute Gasteiger partial charge is 0.336 e. The minimum atomic E-state index is -0.491. The lowest BCUT2D eigenvalue weighted by Crippen LogP contribution is -2.08. The zero-order valence-electron chi connectivity index (χ0n) is 14.6. The van der Waals surface area contributed by atoms with Crippen LogP contribution in [0.15, 0.2) is 54.1 Å². The fourth-order valence-electron chi connectivity index (χ4n) is 2.82. The maximum absolute atomic E-state index is 12.0. The number of halogens is 2. The fourth-order valence-corrected chi connectivity index (χ4v) is 3.12. The summed E-state index contributed by atoms with van der Waals surface area (Å²) in [5, 5.41) is 0.884. The van der Waals surface area contributed by atoms with Gasteiger partial charge in [-0.25, -0.2) is 4.79 Å². The molecule has 0 amide bonds. The summed E-state index contributed by atoms with van der Waals surface area (Å²) in [6.45, 7) is 0. The van der Waals surface area contributed by atoms with Crippen molar-refractivity contribution >= 4 is 47.1 Å². The van der Waals surface area contributed by atoms with Gasteiger partial charge < -0.3 is 4.74 Å². The normalized spacial score (nSPS) is 16.1. The van der Waals surface area contributed by atoms with E-state index < -0.39 is 5.97 Å². The molecule has 1 aliphatic rings. The van der Waals surface area contributed by atoms with Crippen molar-refractivity contribution in [3.8, 4) is 5.75 Å². The summed E-state index contributed by atoms with van der Waals surface area (Å²) >= 11 is 11.8. The lowest BCUT2D eigenvalue weighted by Gasteiger charge is -2.12. The van der Waals surface area contributed by atoms with Gasteiger partial charge in [-0.05, 0) is 72.4 Å². The average molecular weight is 401 g/mol. The van der Waals surface area contributed by atoms with Gasteiger partial charge in [-0.2, -0.15) is 0 Å². The van der Waals surface area contributed by atoms with E-state index in [2.05, 4.69) is 0 Å². The van der Waals surface area contributed by atoms with Crippen molar-refractivity contribution in [2.75, 3.05) is 0 Å². The van der Waals surface area contributed by atoms with Crippen LogP contribution in [0.3, 0.4) is 0 Å². The monoisotopic (exact) mass is 400 g/mol. The van der Waals surface area contributed by atoms with E-state index in [1.165, 1.54) is 6.08 Å². The first-order valence-electron chi connectivity index (χ1n) is 8.70. The summed E-state index contributed by atoms with van der Waals surface area (Å²) in [4.78, 5) is 23.8. The van der Waals surface area contributed by atoms with Gasteiger partial charge in [-0.15, -0.1) is 0 Å². The van der Waals surface area contributed by atoms with E-state index in [0.717, 1.165) is 36.0 Å². The van der Waals surface area contributed by atoms with Crippen molar-refractivity contribution in [3.63, 3.8) is 0 Å². The lowest BCUT2D eigenvalue weighted by molar-refractivity contribution is -0.128. The molecular weight excluding hydrogens is 383 g/mol. The second kappa shape index (κ2) is 9.03. The number of ketones is 1. The predicted octanol–water partition coefficient (Wildman–Crippen LogP) is 6.14. The summed E-state index contributed by atoms with van der Waals surface area (Å²) in [7, 11) is 0. The number of carbonyl (C=O) groups excluding carboxylic acids is 2. The Kier molecular flexibility index (Phi) is 6.49. The van der Waals surface area contributed by atoms with E-state index in [1.807, 2.05) is 18.2 Å². The third kappa shape index (κ3) is 5.56. The van der Waals surface area contributed by atoms with E-state index in [-0.39, 0.29) is 5.78 Å². The molecule has 0 atom stereocenters. The van der Waals surface area contributed by atoms with Gasteiger partial charge in [0.2, 0.25) is 0 Å². The molecule has 0 N–H and O–H groups in total. The number of Topliss-reactive ketones (excluding diaryl/α,β-unsaturated/α-hetero) is 1.